The molecule has 9 heteroatoms. The molecular formula is C27H27Cl2N7. The molecular weight excluding hydrogens is 493 g/mol. The van der Waals surface area contributed by atoms with Crippen molar-refractivity contribution in [3.8, 4) is 6.07 Å². The molecule has 0 saturated heterocycles. The molecule has 4 rings (SSSR count). The Morgan fingerprint density at radius 2 is 1.83 bits per heavy atom. The van der Waals surface area contributed by atoms with E-state index >= 15 is 0 Å². The predicted molar refractivity (Wildman–Crippen MR) is 145 cm³/mol. The number of nitrogens with zero attached hydrogens (tertiary/aromatic N) is 6. The number of anilines is 1. The lowest BCUT2D eigenvalue weighted by molar-refractivity contribution is 0.719. The van der Waals surface area contributed by atoms with Crippen molar-refractivity contribution in [2.24, 2.45) is 7.05 Å². The maximum Gasteiger partial charge on any atom is 0.158 e. The lowest BCUT2D eigenvalue weighted by Gasteiger charge is -2.28. The molecule has 184 valence electrons. The fraction of sp³-hybridized carbons (Fsp3) is 0.259. The summed E-state index contributed by atoms with van der Waals surface area (Å²) in [5.74, 6) is 0.899. The third-order valence-corrected chi connectivity index (χ3v) is 6.25. The second-order valence-electron chi connectivity index (χ2n) is 8.82. The van der Waals surface area contributed by atoms with E-state index in [0.29, 0.717) is 30.5 Å². The SMILES string of the molecule is Cc1nn(C)c2nc(CN/C(=C\C#N)N(Cc3ccccc3)c3cc(Cl)nc(Cl)c3)cc(C(C)C)c12. The number of fused-ring (bicyclic) bond motifs is 1. The van der Waals surface area contributed by atoms with E-state index in [0.717, 1.165) is 28.0 Å². The molecule has 7 nitrogen and oxygen atoms in total. The van der Waals surface area contributed by atoms with E-state index in [4.69, 9.17) is 28.2 Å². The van der Waals surface area contributed by atoms with Gasteiger partial charge in [-0.2, -0.15) is 10.4 Å². The van der Waals surface area contributed by atoms with E-state index in [1.807, 2.05) is 53.9 Å². The van der Waals surface area contributed by atoms with Crippen molar-refractivity contribution in [3.05, 3.63) is 93.2 Å². The third kappa shape index (κ3) is 5.62. The van der Waals surface area contributed by atoms with Crippen LogP contribution in [0.3, 0.4) is 0 Å². The van der Waals surface area contributed by atoms with Gasteiger partial charge in [0.15, 0.2) is 5.65 Å². The number of aryl methyl sites for hydroxylation is 2. The summed E-state index contributed by atoms with van der Waals surface area (Å²) < 4.78 is 1.81. The first-order valence-corrected chi connectivity index (χ1v) is 12.3. The van der Waals surface area contributed by atoms with Crippen molar-refractivity contribution in [1.29, 1.82) is 5.26 Å². The van der Waals surface area contributed by atoms with Crippen molar-refractivity contribution >= 4 is 39.9 Å². The third-order valence-electron chi connectivity index (χ3n) is 5.86. The van der Waals surface area contributed by atoms with Crippen LogP contribution in [-0.4, -0.2) is 19.7 Å². The fourth-order valence-electron chi connectivity index (χ4n) is 4.23. The average molecular weight is 520 g/mol. The molecule has 0 unspecified atom stereocenters. The van der Waals surface area contributed by atoms with Gasteiger partial charge in [-0.25, -0.2) is 9.97 Å². The quantitative estimate of drug-likeness (QED) is 0.218. The zero-order valence-electron chi connectivity index (χ0n) is 20.6. The maximum absolute atomic E-state index is 9.62. The number of halogens is 2. The highest BCUT2D eigenvalue weighted by Crippen LogP contribution is 2.29. The molecule has 36 heavy (non-hydrogen) atoms. The fourth-order valence-corrected chi connectivity index (χ4v) is 4.68. The molecule has 1 N–H and O–H groups in total. The summed E-state index contributed by atoms with van der Waals surface area (Å²) in [4.78, 5) is 10.9. The molecule has 3 heterocycles. The van der Waals surface area contributed by atoms with Gasteiger partial charge in [-0.05, 0) is 42.2 Å². The van der Waals surface area contributed by atoms with Gasteiger partial charge in [0.1, 0.15) is 16.1 Å². The molecule has 0 aliphatic heterocycles. The first kappa shape index (κ1) is 25.5. The van der Waals surface area contributed by atoms with E-state index in [1.54, 1.807) is 12.1 Å². The molecule has 4 aromatic rings. The van der Waals surface area contributed by atoms with Crippen molar-refractivity contribution in [2.75, 3.05) is 4.90 Å². The number of hydrogen-bond donors (Lipinski definition) is 1. The number of nitrogens with one attached hydrogen (secondary N) is 1. The molecule has 0 amide bonds. The summed E-state index contributed by atoms with van der Waals surface area (Å²) in [6.07, 6.45) is 1.47. The Morgan fingerprint density at radius 1 is 1.14 bits per heavy atom. The summed E-state index contributed by atoms with van der Waals surface area (Å²) in [7, 11) is 1.91. The van der Waals surface area contributed by atoms with Crippen molar-refractivity contribution in [3.63, 3.8) is 0 Å². The van der Waals surface area contributed by atoms with Gasteiger partial charge in [-0.3, -0.25) is 4.68 Å². The minimum absolute atomic E-state index is 0.271. The zero-order valence-corrected chi connectivity index (χ0v) is 22.1. The minimum Gasteiger partial charge on any atom is -0.365 e. The Balaban J connectivity index is 1.71. The van der Waals surface area contributed by atoms with Gasteiger partial charge in [-0.1, -0.05) is 67.4 Å². The average Bonchev–Trinajstić information content (AvgIpc) is 3.13. The van der Waals surface area contributed by atoms with Gasteiger partial charge in [0, 0.05) is 24.7 Å². The number of benzene rings is 1. The van der Waals surface area contributed by atoms with Crippen LogP contribution in [0.5, 0.6) is 0 Å². The van der Waals surface area contributed by atoms with E-state index < -0.39 is 0 Å². The zero-order chi connectivity index (χ0) is 25.8. The second-order valence-corrected chi connectivity index (χ2v) is 9.59. The summed E-state index contributed by atoms with van der Waals surface area (Å²) in [6.45, 7) is 7.23. The molecule has 0 fully saturated rings. The minimum atomic E-state index is 0.271. The number of rotatable bonds is 8. The highest BCUT2D eigenvalue weighted by molar-refractivity contribution is 6.32. The number of aromatic nitrogens is 4. The highest BCUT2D eigenvalue weighted by Gasteiger charge is 2.18. The Morgan fingerprint density at radius 3 is 2.47 bits per heavy atom. The van der Waals surface area contributed by atoms with Crippen LogP contribution in [0.1, 0.15) is 42.3 Å². The number of allylic oxidation sites excluding steroid dienone is 1. The van der Waals surface area contributed by atoms with Gasteiger partial charge < -0.3 is 10.2 Å². The standard InChI is InChI=1S/C27H27Cl2N7/c1-17(2)22-12-20(32-27-26(22)18(3)34-35(27)4)15-31-25(10-11-30)36(16-19-8-6-5-7-9-19)21-13-23(28)33-24(29)14-21/h5-10,12-14,17,31H,15-16H2,1-4H3/b25-10+. The van der Waals surface area contributed by atoms with Crippen LogP contribution >= 0.6 is 23.2 Å². The summed E-state index contributed by atoms with van der Waals surface area (Å²) >= 11 is 12.5. The van der Waals surface area contributed by atoms with E-state index in [-0.39, 0.29) is 10.3 Å². The topological polar surface area (TPSA) is 82.7 Å². The summed E-state index contributed by atoms with van der Waals surface area (Å²) in [5, 5.41) is 19.2. The van der Waals surface area contributed by atoms with Gasteiger partial charge in [0.05, 0.1) is 30.1 Å². The van der Waals surface area contributed by atoms with Crippen LogP contribution < -0.4 is 10.2 Å². The summed E-state index contributed by atoms with van der Waals surface area (Å²) in [5.41, 5.74) is 5.63. The number of nitriles is 1. The first-order valence-electron chi connectivity index (χ1n) is 11.6. The van der Waals surface area contributed by atoms with Crippen LogP contribution in [0.4, 0.5) is 5.69 Å². The van der Waals surface area contributed by atoms with Crippen LogP contribution in [0.15, 0.2) is 60.4 Å². The van der Waals surface area contributed by atoms with Crippen LogP contribution in [0, 0.1) is 18.3 Å². The van der Waals surface area contributed by atoms with Crippen LogP contribution in [0.25, 0.3) is 11.0 Å². The molecule has 0 bridgehead atoms. The van der Waals surface area contributed by atoms with E-state index in [2.05, 4.69) is 41.4 Å². The Bertz CT molecular complexity index is 1430. The monoisotopic (exact) mass is 519 g/mol. The van der Waals surface area contributed by atoms with Gasteiger partial charge >= 0.3 is 0 Å². The van der Waals surface area contributed by atoms with Gasteiger partial charge in [-0.15, -0.1) is 0 Å². The van der Waals surface area contributed by atoms with Crippen LogP contribution in [0.2, 0.25) is 10.3 Å². The van der Waals surface area contributed by atoms with Crippen LogP contribution in [-0.2, 0) is 20.1 Å². The number of pyridine rings is 2. The second kappa shape index (κ2) is 11.0. The molecule has 0 saturated carbocycles. The predicted octanol–water partition coefficient (Wildman–Crippen LogP) is 6.26. The Hall–Kier alpha value is -3.60. The van der Waals surface area contributed by atoms with E-state index in [9.17, 15) is 5.26 Å². The largest absolute Gasteiger partial charge is 0.365 e. The Labute approximate surface area is 221 Å². The summed E-state index contributed by atoms with van der Waals surface area (Å²) in [6, 6.07) is 17.7. The number of hydrogen-bond acceptors (Lipinski definition) is 6. The molecule has 0 spiro atoms. The Kier molecular flexibility index (Phi) is 7.78. The normalized spacial score (nSPS) is 11.7. The van der Waals surface area contributed by atoms with Crippen molar-refractivity contribution in [2.45, 2.75) is 39.8 Å². The lowest BCUT2D eigenvalue weighted by atomic mass is 9.99. The maximum atomic E-state index is 9.62. The lowest BCUT2D eigenvalue weighted by Crippen LogP contribution is -2.31. The molecule has 0 radical (unpaired) electrons. The molecule has 0 aliphatic rings. The van der Waals surface area contributed by atoms with Gasteiger partial charge in [0.25, 0.3) is 0 Å². The van der Waals surface area contributed by atoms with E-state index in [1.165, 1.54) is 11.6 Å². The molecule has 1 aromatic carbocycles. The smallest absolute Gasteiger partial charge is 0.158 e. The van der Waals surface area contributed by atoms with Gasteiger partial charge in [0.2, 0.25) is 0 Å². The highest BCUT2D eigenvalue weighted by atomic mass is 35.5. The molecule has 0 aliphatic carbocycles. The molecule has 3 aromatic heterocycles. The molecule has 0 atom stereocenters. The van der Waals surface area contributed by atoms with Crippen molar-refractivity contribution < 1.29 is 0 Å². The first-order chi connectivity index (χ1) is 17.3. The van der Waals surface area contributed by atoms with Crippen molar-refractivity contribution in [1.82, 2.24) is 25.1 Å².